The van der Waals surface area contributed by atoms with Crippen LogP contribution in [0.4, 0.5) is 5.69 Å². The molecular weight excluding hydrogens is 342 g/mol. The number of hydrogen-bond donors (Lipinski definition) is 1. The van der Waals surface area contributed by atoms with Gasteiger partial charge < -0.3 is 5.32 Å². The molecule has 142 valence electrons. The van der Waals surface area contributed by atoms with Gasteiger partial charge in [-0.2, -0.15) is 0 Å². The highest BCUT2D eigenvalue weighted by Gasteiger charge is 2.21. The van der Waals surface area contributed by atoms with Gasteiger partial charge in [0, 0.05) is 36.8 Å². The molecule has 1 saturated heterocycles. The quantitative estimate of drug-likeness (QED) is 0.626. The van der Waals surface area contributed by atoms with Gasteiger partial charge in [-0.3, -0.25) is 19.8 Å². The third-order valence-electron chi connectivity index (χ3n) is 5.06. The zero-order chi connectivity index (χ0) is 19.2. The summed E-state index contributed by atoms with van der Waals surface area (Å²) in [4.78, 5) is 25.3. The molecule has 2 aromatic rings. The summed E-state index contributed by atoms with van der Waals surface area (Å²) in [6.45, 7) is 5.26. The first-order valence-corrected chi connectivity index (χ1v) is 9.32. The molecule has 27 heavy (non-hydrogen) atoms. The smallest absolute Gasteiger partial charge is 0.272 e. The third-order valence-corrected chi connectivity index (χ3v) is 5.06. The number of carbonyl (C=O) groups is 1. The van der Waals surface area contributed by atoms with E-state index < -0.39 is 4.92 Å². The largest absolute Gasteiger partial charge is 0.352 e. The van der Waals surface area contributed by atoms with Crippen LogP contribution in [0.2, 0.25) is 0 Å². The molecule has 6 nitrogen and oxygen atoms in total. The van der Waals surface area contributed by atoms with E-state index in [1.807, 2.05) is 6.07 Å². The van der Waals surface area contributed by atoms with Crippen molar-refractivity contribution < 1.29 is 9.72 Å². The highest BCUT2D eigenvalue weighted by atomic mass is 16.6. The minimum absolute atomic E-state index is 0.0374. The number of amides is 1. The molecule has 2 aromatic carbocycles. The number of carbonyl (C=O) groups excluding carboxylic acids is 1. The van der Waals surface area contributed by atoms with Crippen molar-refractivity contribution in [1.82, 2.24) is 10.2 Å². The Morgan fingerprint density at radius 3 is 2.74 bits per heavy atom. The second kappa shape index (κ2) is 8.77. The second-order valence-corrected chi connectivity index (χ2v) is 7.20. The summed E-state index contributed by atoms with van der Waals surface area (Å²) in [6, 6.07) is 14.9. The average molecular weight is 367 g/mol. The van der Waals surface area contributed by atoms with E-state index in [1.54, 1.807) is 13.0 Å². The van der Waals surface area contributed by atoms with E-state index in [0.29, 0.717) is 23.6 Å². The maximum atomic E-state index is 12.4. The molecule has 0 aromatic heterocycles. The summed E-state index contributed by atoms with van der Waals surface area (Å²) < 4.78 is 0. The number of nitro groups is 1. The lowest BCUT2D eigenvalue weighted by Gasteiger charge is -2.32. The van der Waals surface area contributed by atoms with Crippen molar-refractivity contribution in [2.75, 3.05) is 19.6 Å². The standard InChI is InChI=1S/C21H25N3O3/c1-16-12-19(9-10-20(16)24(26)27)21(25)22-13-18-8-5-11-23(15-18)14-17-6-3-2-4-7-17/h2-4,6-7,9-10,12,18H,5,8,11,13-15H2,1H3,(H,22,25). The van der Waals surface area contributed by atoms with Crippen LogP contribution in [0.5, 0.6) is 0 Å². The SMILES string of the molecule is Cc1cc(C(=O)NCC2CCCN(Cc3ccccc3)C2)ccc1[N+](=O)[O-]. The van der Waals surface area contributed by atoms with Gasteiger partial charge in [0.05, 0.1) is 4.92 Å². The number of piperidine rings is 1. The Hall–Kier alpha value is -2.73. The molecule has 1 aliphatic rings. The van der Waals surface area contributed by atoms with Crippen molar-refractivity contribution in [3.8, 4) is 0 Å². The molecule has 1 heterocycles. The maximum absolute atomic E-state index is 12.4. The normalized spacial score (nSPS) is 17.4. The van der Waals surface area contributed by atoms with Gasteiger partial charge in [-0.25, -0.2) is 0 Å². The molecule has 1 fully saturated rings. The molecular formula is C21H25N3O3. The second-order valence-electron chi connectivity index (χ2n) is 7.20. The molecule has 1 atom stereocenters. The number of rotatable bonds is 6. The van der Waals surface area contributed by atoms with Crippen LogP contribution in [-0.4, -0.2) is 35.4 Å². The van der Waals surface area contributed by atoms with Crippen molar-refractivity contribution in [1.29, 1.82) is 0 Å². The van der Waals surface area contributed by atoms with E-state index in [1.165, 1.54) is 17.7 Å². The number of likely N-dealkylation sites (tertiary alicyclic amines) is 1. The number of hydrogen-bond acceptors (Lipinski definition) is 4. The number of aryl methyl sites for hydroxylation is 1. The van der Waals surface area contributed by atoms with E-state index in [0.717, 1.165) is 32.5 Å². The first-order chi connectivity index (χ1) is 13.0. The fraction of sp³-hybridized carbons (Fsp3) is 0.381. The molecule has 3 rings (SSSR count). The predicted octanol–water partition coefficient (Wildman–Crippen LogP) is 3.55. The highest BCUT2D eigenvalue weighted by Crippen LogP contribution is 2.20. The molecule has 1 unspecified atom stereocenters. The molecule has 0 aliphatic carbocycles. The zero-order valence-electron chi connectivity index (χ0n) is 15.6. The van der Waals surface area contributed by atoms with Gasteiger partial charge in [-0.15, -0.1) is 0 Å². The zero-order valence-corrected chi connectivity index (χ0v) is 15.6. The molecule has 0 spiro atoms. The minimum atomic E-state index is -0.430. The van der Waals surface area contributed by atoms with Crippen LogP contribution in [0, 0.1) is 23.0 Å². The monoisotopic (exact) mass is 367 g/mol. The van der Waals surface area contributed by atoms with Crippen LogP contribution >= 0.6 is 0 Å². The van der Waals surface area contributed by atoms with Gasteiger partial charge in [0.2, 0.25) is 0 Å². The summed E-state index contributed by atoms with van der Waals surface area (Å²) in [5.74, 6) is 0.249. The molecule has 1 aliphatic heterocycles. The van der Waals surface area contributed by atoms with E-state index in [9.17, 15) is 14.9 Å². The lowest BCUT2D eigenvalue weighted by Crippen LogP contribution is -2.40. The van der Waals surface area contributed by atoms with Crippen LogP contribution in [-0.2, 0) is 6.54 Å². The van der Waals surface area contributed by atoms with Gasteiger partial charge in [-0.05, 0) is 49.9 Å². The van der Waals surface area contributed by atoms with Crippen molar-refractivity contribution in [2.45, 2.75) is 26.3 Å². The van der Waals surface area contributed by atoms with E-state index in [-0.39, 0.29) is 11.6 Å². The van der Waals surface area contributed by atoms with Crippen molar-refractivity contribution in [3.05, 3.63) is 75.3 Å². The van der Waals surface area contributed by atoms with E-state index in [2.05, 4.69) is 34.5 Å². The van der Waals surface area contributed by atoms with Crippen molar-refractivity contribution in [3.63, 3.8) is 0 Å². The number of benzene rings is 2. The summed E-state index contributed by atoms with van der Waals surface area (Å²) in [6.07, 6.45) is 2.23. The van der Waals surface area contributed by atoms with Gasteiger partial charge >= 0.3 is 0 Å². The van der Waals surface area contributed by atoms with Crippen LogP contribution in [0.15, 0.2) is 48.5 Å². The molecule has 0 saturated carbocycles. The Morgan fingerprint density at radius 2 is 2.04 bits per heavy atom. The molecule has 1 N–H and O–H groups in total. The van der Waals surface area contributed by atoms with Gasteiger partial charge in [-0.1, -0.05) is 30.3 Å². The summed E-state index contributed by atoms with van der Waals surface area (Å²) in [5, 5.41) is 13.9. The number of nitrogens with one attached hydrogen (secondary N) is 1. The minimum Gasteiger partial charge on any atom is -0.352 e. The predicted molar refractivity (Wildman–Crippen MR) is 105 cm³/mol. The van der Waals surface area contributed by atoms with Crippen LogP contribution in [0.25, 0.3) is 0 Å². The van der Waals surface area contributed by atoms with Gasteiger partial charge in [0.15, 0.2) is 0 Å². The Morgan fingerprint density at radius 1 is 1.26 bits per heavy atom. The fourth-order valence-corrected chi connectivity index (χ4v) is 3.64. The Balaban J connectivity index is 1.52. The summed E-state index contributed by atoms with van der Waals surface area (Å²) >= 11 is 0. The average Bonchev–Trinajstić information content (AvgIpc) is 2.67. The van der Waals surface area contributed by atoms with E-state index in [4.69, 9.17) is 0 Å². The lowest BCUT2D eigenvalue weighted by molar-refractivity contribution is -0.385. The summed E-state index contributed by atoms with van der Waals surface area (Å²) in [5.41, 5.74) is 2.31. The van der Waals surface area contributed by atoms with Gasteiger partial charge in [0.25, 0.3) is 11.6 Å². The maximum Gasteiger partial charge on any atom is 0.272 e. The number of nitro benzene ring substituents is 1. The highest BCUT2D eigenvalue weighted by molar-refractivity contribution is 5.94. The first kappa shape index (κ1) is 19.0. The first-order valence-electron chi connectivity index (χ1n) is 9.32. The summed E-state index contributed by atoms with van der Waals surface area (Å²) in [7, 11) is 0. The van der Waals surface area contributed by atoms with Crippen molar-refractivity contribution in [2.24, 2.45) is 5.92 Å². The third kappa shape index (κ3) is 5.14. The Labute approximate surface area is 159 Å². The Bertz CT molecular complexity index is 808. The fourth-order valence-electron chi connectivity index (χ4n) is 3.64. The topological polar surface area (TPSA) is 75.5 Å². The van der Waals surface area contributed by atoms with Crippen LogP contribution < -0.4 is 5.32 Å². The molecule has 1 amide bonds. The van der Waals surface area contributed by atoms with Crippen LogP contribution in [0.1, 0.15) is 34.3 Å². The molecule has 0 bridgehead atoms. The molecule has 0 radical (unpaired) electrons. The molecule has 6 heteroatoms. The van der Waals surface area contributed by atoms with Gasteiger partial charge in [0.1, 0.15) is 0 Å². The lowest BCUT2D eigenvalue weighted by atomic mass is 9.97. The van der Waals surface area contributed by atoms with Crippen LogP contribution in [0.3, 0.4) is 0 Å². The Kier molecular flexibility index (Phi) is 6.19. The number of nitrogens with zero attached hydrogens (tertiary/aromatic N) is 2. The van der Waals surface area contributed by atoms with E-state index >= 15 is 0 Å². The van der Waals surface area contributed by atoms with Crippen molar-refractivity contribution >= 4 is 11.6 Å².